The van der Waals surface area contributed by atoms with E-state index in [9.17, 15) is 4.79 Å². The van der Waals surface area contributed by atoms with Crippen LogP contribution in [0, 0.1) is 0 Å². The van der Waals surface area contributed by atoms with E-state index >= 15 is 0 Å². The average Bonchev–Trinajstić information content (AvgIpc) is 2.04. The number of hydrogen-bond donors (Lipinski definition) is 2. The maximum absolute atomic E-state index is 10.3. The molecule has 0 aromatic carbocycles. The predicted molar refractivity (Wildman–Crippen MR) is 55.2 cm³/mol. The number of rotatable bonds is 4. The van der Waals surface area contributed by atoms with Gasteiger partial charge in [-0.05, 0) is 13.8 Å². The van der Waals surface area contributed by atoms with Crippen molar-refractivity contribution in [2.24, 2.45) is 11.5 Å². The Bertz CT molecular complexity index is 162. The van der Waals surface area contributed by atoms with Crippen molar-refractivity contribution < 1.29 is 14.3 Å². The maximum Gasteiger partial charge on any atom is 0.332 e. The molecule has 0 radical (unpaired) electrons. The molecule has 0 aliphatic carbocycles. The minimum atomic E-state index is -1.40. The Morgan fingerprint density at radius 1 is 1.43 bits per heavy atom. The zero-order valence-electron chi connectivity index (χ0n) is 9.08. The Kier molecular flexibility index (Phi) is 9.64. The van der Waals surface area contributed by atoms with E-state index in [4.69, 9.17) is 16.2 Å². The molecule has 14 heavy (non-hydrogen) atoms. The van der Waals surface area contributed by atoms with Crippen LogP contribution in [0.1, 0.15) is 20.8 Å². The number of esters is 1. The highest BCUT2D eigenvalue weighted by atomic mass is 16.6. The molecular formula is C9H20N2O3. The van der Waals surface area contributed by atoms with Crippen LogP contribution < -0.4 is 11.5 Å². The highest BCUT2D eigenvalue weighted by Crippen LogP contribution is 1.91. The first-order valence-electron chi connectivity index (χ1n) is 4.38. The van der Waals surface area contributed by atoms with Crippen molar-refractivity contribution in [3.8, 4) is 0 Å². The van der Waals surface area contributed by atoms with E-state index in [1.165, 1.54) is 6.92 Å². The fourth-order valence-corrected chi connectivity index (χ4v) is 0.463. The summed E-state index contributed by atoms with van der Waals surface area (Å²) in [6.07, 6.45) is 0.998. The SMILES string of the molecule is C=CC(=O)OC(C)(N)N.CCOCC. The summed E-state index contributed by atoms with van der Waals surface area (Å²) in [5.41, 5.74) is 10.2. The molecule has 0 saturated heterocycles. The smallest absolute Gasteiger partial charge is 0.332 e. The van der Waals surface area contributed by atoms with Crippen LogP contribution in [0.2, 0.25) is 0 Å². The number of ether oxygens (including phenoxy) is 2. The van der Waals surface area contributed by atoms with Crippen molar-refractivity contribution in [1.82, 2.24) is 0 Å². The van der Waals surface area contributed by atoms with Crippen LogP contribution in [0.5, 0.6) is 0 Å². The molecule has 5 nitrogen and oxygen atoms in total. The summed E-state index contributed by atoms with van der Waals surface area (Å²) in [7, 11) is 0. The van der Waals surface area contributed by atoms with Gasteiger partial charge in [0.1, 0.15) is 0 Å². The molecule has 84 valence electrons. The van der Waals surface area contributed by atoms with Crippen molar-refractivity contribution in [3.05, 3.63) is 12.7 Å². The van der Waals surface area contributed by atoms with E-state index in [1.807, 2.05) is 13.8 Å². The minimum Gasteiger partial charge on any atom is -0.428 e. The first-order valence-corrected chi connectivity index (χ1v) is 4.38. The van der Waals surface area contributed by atoms with E-state index < -0.39 is 11.8 Å². The largest absolute Gasteiger partial charge is 0.428 e. The van der Waals surface area contributed by atoms with Gasteiger partial charge in [0.2, 0.25) is 5.85 Å². The monoisotopic (exact) mass is 204 g/mol. The summed E-state index contributed by atoms with van der Waals surface area (Å²) >= 11 is 0. The second-order valence-electron chi connectivity index (χ2n) is 2.59. The molecule has 0 unspecified atom stereocenters. The van der Waals surface area contributed by atoms with Gasteiger partial charge in [-0.2, -0.15) is 0 Å². The second kappa shape index (κ2) is 8.68. The Morgan fingerprint density at radius 2 is 1.86 bits per heavy atom. The molecule has 0 bridgehead atoms. The van der Waals surface area contributed by atoms with Crippen LogP contribution in [-0.2, 0) is 14.3 Å². The molecule has 0 aliphatic heterocycles. The summed E-state index contributed by atoms with van der Waals surface area (Å²) in [5, 5.41) is 0. The average molecular weight is 204 g/mol. The van der Waals surface area contributed by atoms with Crippen molar-refractivity contribution in [2.45, 2.75) is 26.6 Å². The molecule has 0 heterocycles. The van der Waals surface area contributed by atoms with Crippen molar-refractivity contribution in [2.75, 3.05) is 13.2 Å². The van der Waals surface area contributed by atoms with E-state index in [0.717, 1.165) is 19.3 Å². The van der Waals surface area contributed by atoms with Crippen LogP contribution in [0.4, 0.5) is 0 Å². The highest BCUT2D eigenvalue weighted by Gasteiger charge is 2.14. The molecule has 4 N–H and O–H groups in total. The minimum absolute atomic E-state index is 0.623. The first kappa shape index (κ1) is 15.6. The molecule has 5 heteroatoms. The number of carbonyl (C=O) groups excluding carboxylic acids is 1. The van der Waals surface area contributed by atoms with Crippen LogP contribution in [0.15, 0.2) is 12.7 Å². The lowest BCUT2D eigenvalue weighted by atomic mass is 10.5. The predicted octanol–water partition coefficient (Wildman–Crippen LogP) is 0.349. The van der Waals surface area contributed by atoms with Gasteiger partial charge in [-0.1, -0.05) is 6.58 Å². The van der Waals surface area contributed by atoms with Crippen LogP contribution in [0.25, 0.3) is 0 Å². The van der Waals surface area contributed by atoms with Gasteiger partial charge in [0.15, 0.2) is 0 Å². The Morgan fingerprint density at radius 3 is 1.93 bits per heavy atom. The topological polar surface area (TPSA) is 87.6 Å². The van der Waals surface area contributed by atoms with Gasteiger partial charge in [0.05, 0.1) is 0 Å². The second-order valence-corrected chi connectivity index (χ2v) is 2.59. The third-order valence-electron chi connectivity index (χ3n) is 0.895. The van der Waals surface area contributed by atoms with Crippen molar-refractivity contribution in [3.63, 3.8) is 0 Å². The molecule has 0 aliphatic rings. The zero-order chi connectivity index (χ0) is 11.6. The van der Waals surface area contributed by atoms with Crippen molar-refractivity contribution in [1.29, 1.82) is 0 Å². The molecule has 0 fully saturated rings. The first-order chi connectivity index (χ1) is 6.37. The zero-order valence-corrected chi connectivity index (χ0v) is 9.08. The van der Waals surface area contributed by atoms with Gasteiger partial charge < -0.3 is 9.47 Å². The van der Waals surface area contributed by atoms with Gasteiger partial charge in [-0.3, -0.25) is 11.5 Å². The van der Waals surface area contributed by atoms with Gasteiger partial charge >= 0.3 is 5.97 Å². The lowest BCUT2D eigenvalue weighted by Crippen LogP contribution is -2.49. The Labute approximate surface area is 85.0 Å². The van der Waals surface area contributed by atoms with Gasteiger partial charge in [0.25, 0.3) is 0 Å². The maximum atomic E-state index is 10.3. The Hall–Kier alpha value is -0.910. The normalized spacial score (nSPS) is 9.79. The fourth-order valence-electron chi connectivity index (χ4n) is 0.463. The quantitative estimate of drug-likeness (QED) is 0.392. The fraction of sp³-hybridized carbons (Fsp3) is 0.667. The van der Waals surface area contributed by atoms with Gasteiger partial charge in [-0.15, -0.1) is 0 Å². The number of carbonyl (C=O) groups is 1. The van der Waals surface area contributed by atoms with E-state index in [1.54, 1.807) is 0 Å². The molecule has 0 amide bonds. The summed E-state index contributed by atoms with van der Waals surface area (Å²) < 4.78 is 9.22. The third-order valence-corrected chi connectivity index (χ3v) is 0.895. The summed E-state index contributed by atoms with van der Waals surface area (Å²) in [6.45, 7) is 10.2. The standard InChI is InChI=1S/C5H10N2O2.C4H10O/c1-3-4(8)9-5(2,6)7;1-3-5-4-2/h3H,1,6-7H2,2H3;3-4H2,1-2H3. The lowest BCUT2D eigenvalue weighted by molar-refractivity contribution is -0.150. The van der Waals surface area contributed by atoms with Crippen LogP contribution >= 0.6 is 0 Å². The summed E-state index contributed by atoms with van der Waals surface area (Å²) in [6, 6.07) is 0. The Balaban J connectivity index is 0. The van der Waals surface area contributed by atoms with Gasteiger partial charge in [0, 0.05) is 26.2 Å². The molecule has 0 aromatic heterocycles. The van der Waals surface area contributed by atoms with Crippen LogP contribution in [-0.4, -0.2) is 25.0 Å². The molecule has 0 rings (SSSR count). The summed E-state index contributed by atoms with van der Waals surface area (Å²) in [4.78, 5) is 10.3. The summed E-state index contributed by atoms with van der Waals surface area (Å²) in [5.74, 6) is -2.02. The van der Waals surface area contributed by atoms with Crippen molar-refractivity contribution >= 4 is 5.97 Å². The molecule has 0 spiro atoms. The number of nitrogens with two attached hydrogens (primary N) is 2. The van der Waals surface area contributed by atoms with E-state index in [-0.39, 0.29) is 0 Å². The molecule has 0 atom stereocenters. The van der Waals surface area contributed by atoms with E-state index in [0.29, 0.717) is 0 Å². The lowest BCUT2D eigenvalue weighted by Gasteiger charge is -2.17. The highest BCUT2D eigenvalue weighted by molar-refractivity contribution is 5.81. The van der Waals surface area contributed by atoms with Gasteiger partial charge in [-0.25, -0.2) is 4.79 Å². The van der Waals surface area contributed by atoms with Crippen LogP contribution in [0.3, 0.4) is 0 Å². The molecule has 0 aromatic rings. The third kappa shape index (κ3) is 17.3. The van der Waals surface area contributed by atoms with E-state index in [2.05, 4.69) is 11.3 Å². The molecular weight excluding hydrogens is 184 g/mol. The number of hydrogen-bond acceptors (Lipinski definition) is 5. The molecule has 0 saturated carbocycles.